The van der Waals surface area contributed by atoms with Gasteiger partial charge in [-0.05, 0) is 43.9 Å². The van der Waals surface area contributed by atoms with E-state index < -0.39 is 14.4 Å². The van der Waals surface area contributed by atoms with Gasteiger partial charge in [0.25, 0.3) is 5.91 Å². The van der Waals surface area contributed by atoms with Crippen molar-refractivity contribution in [1.82, 2.24) is 4.98 Å². The number of β-lactam (4-membered cyclic amide) rings is 1. The summed E-state index contributed by atoms with van der Waals surface area (Å²) in [7, 11) is -0.288. The first kappa shape index (κ1) is 18.7. The number of hydrogen-bond donors (Lipinski definition) is 0. The van der Waals surface area contributed by atoms with E-state index in [2.05, 4.69) is 40.6 Å². The molecule has 0 saturated carbocycles. The van der Waals surface area contributed by atoms with Crippen molar-refractivity contribution < 1.29 is 14.0 Å². The second kappa shape index (κ2) is 7.28. The van der Waals surface area contributed by atoms with E-state index in [-0.39, 0.29) is 18.1 Å². The Labute approximate surface area is 161 Å². The van der Waals surface area contributed by atoms with Crippen LogP contribution < -0.4 is 4.90 Å². The summed E-state index contributed by atoms with van der Waals surface area (Å²) in [6, 6.07) is 7.48. The zero-order chi connectivity index (χ0) is 18.2. The predicted molar refractivity (Wildman–Crippen MR) is 105 cm³/mol. The summed E-state index contributed by atoms with van der Waals surface area (Å²) in [5.41, 5.74) is 0.840. The van der Waals surface area contributed by atoms with E-state index in [0.29, 0.717) is 0 Å². The molecule has 8 heteroatoms. The number of thiazole rings is 1. The average molecular weight is 441 g/mol. The van der Waals surface area contributed by atoms with Crippen molar-refractivity contribution in [3.8, 4) is 0 Å². The highest BCUT2D eigenvalue weighted by Gasteiger charge is 2.54. The van der Waals surface area contributed by atoms with E-state index >= 15 is 0 Å². The standard InChI is InChI=1S/C17H21BrN2O3SSi/c1-22-15-13(14(23-25(2,3)4)16-19-9-10-24-16)20(17(15)21)12-7-5-11(18)6-8-12/h5-10,13-15H,1-4H3/t13-,14-,15+/m0/s1. The Morgan fingerprint density at radius 1 is 1.28 bits per heavy atom. The summed E-state index contributed by atoms with van der Waals surface area (Å²) in [4.78, 5) is 18.9. The number of rotatable bonds is 6. The number of methoxy groups -OCH3 is 1. The molecule has 0 spiro atoms. The normalized spacial score (nSPS) is 22.0. The van der Waals surface area contributed by atoms with Gasteiger partial charge < -0.3 is 14.1 Å². The van der Waals surface area contributed by atoms with Crippen LogP contribution in [0.15, 0.2) is 40.3 Å². The lowest BCUT2D eigenvalue weighted by atomic mass is 9.91. The van der Waals surface area contributed by atoms with Gasteiger partial charge in [-0.2, -0.15) is 0 Å². The molecule has 1 aromatic carbocycles. The van der Waals surface area contributed by atoms with Crippen LogP contribution in [0.2, 0.25) is 19.6 Å². The van der Waals surface area contributed by atoms with Gasteiger partial charge in [0.05, 0.1) is 0 Å². The summed E-state index contributed by atoms with van der Waals surface area (Å²) in [6.45, 7) is 6.42. The Morgan fingerprint density at radius 3 is 2.48 bits per heavy atom. The van der Waals surface area contributed by atoms with Crippen molar-refractivity contribution in [3.63, 3.8) is 0 Å². The van der Waals surface area contributed by atoms with Crippen LogP contribution in [-0.4, -0.2) is 38.5 Å². The second-order valence-corrected chi connectivity index (χ2v) is 13.2. The Bertz CT molecular complexity index is 733. The molecule has 2 aromatic rings. The smallest absolute Gasteiger partial charge is 0.258 e. The van der Waals surface area contributed by atoms with Crippen molar-refractivity contribution in [2.24, 2.45) is 0 Å². The molecular weight excluding hydrogens is 420 g/mol. The molecule has 3 rings (SSSR count). The molecule has 1 aromatic heterocycles. The number of halogens is 1. The van der Waals surface area contributed by atoms with Gasteiger partial charge in [0, 0.05) is 28.8 Å². The van der Waals surface area contributed by atoms with Crippen LogP contribution in [-0.2, 0) is 14.0 Å². The predicted octanol–water partition coefficient (Wildman–Crippen LogP) is 4.23. The van der Waals surface area contributed by atoms with Gasteiger partial charge in [0.2, 0.25) is 0 Å². The molecule has 1 aliphatic rings. The Hall–Kier alpha value is -1.06. The van der Waals surface area contributed by atoms with E-state index in [4.69, 9.17) is 9.16 Å². The van der Waals surface area contributed by atoms with E-state index in [1.54, 1.807) is 29.5 Å². The highest BCUT2D eigenvalue weighted by Crippen LogP contribution is 2.41. The Kier molecular flexibility index (Phi) is 5.45. The van der Waals surface area contributed by atoms with Crippen LogP contribution in [0.3, 0.4) is 0 Å². The van der Waals surface area contributed by atoms with Gasteiger partial charge in [0.15, 0.2) is 14.4 Å². The molecule has 25 heavy (non-hydrogen) atoms. The molecule has 0 unspecified atom stereocenters. The third-order valence-corrected chi connectivity index (χ3v) is 6.26. The molecule has 1 amide bonds. The maximum Gasteiger partial charge on any atom is 0.258 e. The van der Waals surface area contributed by atoms with Gasteiger partial charge in [-0.25, -0.2) is 4.98 Å². The van der Waals surface area contributed by atoms with Gasteiger partial charge in [-0.1, -0.05) is 15.9 Å². The Balaban J connectivity index is 1.98. The van der Waals surface area contributed by atoms with Crippen molar-refractivity contribution in [3.05, 3.63) is 45.3 Å². The van der Waals surface area contributed by atoms with E-state index in [9.17, 15) is 4.79 Å². The SMILES string of the molecule is CO[C@H]1C(=O)N(c2ccc(Br)cc2)[C@H]1[C@H](O[Si](C)(C)C)c1nccs1. The van der Waals surface area contributed by atoms with Crippen molar-refractivity contribution in [2.75, 3.05) is 12.0 Å². The first-order chi connectivity index (χ1) is 11.8. The number of benzene rings is 1. The first-order valence-electron chi connectivity index (χ1n) is 8.00. The molecule has 1 saturated heterocycles. The zero-order valence-electron chi connectivity index (χ0n) is 14.6. The molecule has 0 bridgehead atoms. The summed E-state index contributed by atoms with van der Waals surface area (Å²) in [5, 5.41) is 2.81. The van der Waals surface area contributed by atoms with Gasteiger partial charge in [0.1, 0.15) is 17.2 Å². The first-order valence-corrected chi connectivity index (χ1v) is 13.1. The molecule has 3 atom stereocenters. The molecule has 0 radical (unpaired) electrons. The number of amides is 1. The fourth-order valence-electron chi connectivity index (χ4n) is 2.94. The molecular formula is C17H21BrN2O3SSi. The minimum atomic E-state index is -1.86. The monoisotopic (exact) mass is 440 g/mol. The number of ether oxygens (including phenoxy) is 1. The van der Waals surface area contributed by atoms with E-state index in [0.717, 1.165) is 15.2 Å². The lowest BCUT2D eigenvalue weighted by Crippen LogP contribution is -2.68. The molecule has 0 aliphatic carbocycles. The topological polar surface area (TPSA) is 51.7 Å². The van der Waals surface area contributed by atoms with Gasteiger partial charge in [-0.3, -0.25) is 4.79 Å². The van der Waals surface area contributed by atoms with E-state index in [1.807, 2.05) is 29.6 Å². The van der Waals surface area contributed by atoms with E-state index in [1.165, 1.54) is 0 Å². The number of carbonyl (C=O) groups excluding carboxylic acids is 1. The lowest BCUT2D eigenvalue weighted by Gasteiger charge is -2.49. The highest BCUT2D eigenvalue weighted by atomic mass is 79.9. The number of carbonyl (C=O) groups is 1. The quantitative estimate of drug-likeness (QED) is 0.498. The third-order valence-electron chi connectivity index (χ3n) is 3.93. The maximum absolute atomic E-state index is 12.7. The van der Waals surface area contributed by atoms with Crippen molar-refractivity contribution in [2.45, 2.75) is 37.9 Å². The highest BCUT2D eigenvalue weighted by molar-refractivity contribution is 9.10. The summed E-state index contributed by atoms with van der Waals surface area (Å²) >= 11 is 4.98. The van der Waals surface area contributed by atoms with Gasteiger partial charge >= 0.3 is 0 Å². The molecule has 2 heterocycles. The average Bonchev–Trinajstić information content (AvgIpc) is 3.06. The molecule has 134 valence electrons. The summed E-state index contributed by atoms with van der Waals surface area (Å²) in [5.74, 6) is -0.0458. The fourth-order valence-corrected chi connectivity index (χ4v) is 5.01. The van der Waals surface area contributed by atoms with Crippen LogP contribution in [0, 0.1) is 0 Å². The largest absolute Gasteiger partial charge is 0.406 e. The van der Waals surface area contributed by atoms with Crippen LogP contribution >= 0.6 is 27.3 Å². The van der Waals surface area contributed by atoms with Crippen LogP contribution in [0.25, 0.3) is 0 Å². The number of hydrogen-bond acceptors (Lipinski definition) is 5. The lowest BCUT2D eigenvalue weighted by molar-refractivity contribution is -0.143. The number of aromatic nitrogens is 1. The second-order valence-electron chi connectivity index (χ2n) is 6.85. The third kappa shape index (κ3) is 3.88. The van der Waals surface area contributed by atoms with Crippen LogP contribution in [0.4, 0.5) is 5.69 Å². The molecule has 1 fully saturated rings. The fraction of sp³-hybridized carbons (Fsp3) is 0.412. The Morgan fingerprint density at radius 2 is 1.96 bits per heavy atom. The molecule has 0 N–H and O–H groups in total. The minimum Gasteiger partial charge on any atom is -0.406 e. The number of nitrogens with zero attached hydrogens (tertiary/aromatic N) is 2. The van der Waals surface area contributed by atoms with Gasteiger partial charge in [-0.15, -0.1) is 11.3 Å². The molecule has 5 nitrogen and oxygen atoms in total. The molecule has 1 aliphatic heterocycles. The van der Waals surface area contributed by atoms with Crippen molar-refractivity contribution in [1.29, 1.82) is 0 Å². The van der Waals surface area contributed by atoms with Crippen LogP contribution in [0.5, 0.6) is 0 Å². The zero-order valence-corrected chi connectivity index (χ0v) is 18.0. The number of anilines is 1. The summed E-state index contributed by atoms with van der Waals surface area (Å²) in [6.07, 6.45) is 0.958. The van der Waals surface area contributed by atoms with Crippen LogP contribution in [0.1, 0.15) is 11.1 Å². The minimum absolute atomic E-state index is 0.0458. The van der Waals surface area contributed by atoms with Crippen molar-refractivity contribution >= 4 is 47.2 Å². The summed E-state index contributed by atoms with van der Waals surface area (Å²) < 4.78 is 12.9. The maximum atomic E-state index is 12.7.